The third-order valence-corrected chi connectivity index (χ3v) is 11.8. The molecule has 0 radical (unpaired) electrons. The van der Waals surface area contributed by atoms with Gasteiger partial charge in [-0.2, -0.15) is 0 Å². The van der Waals surface area contributed by atoms with Crippen molar-refractivity contribution in [2.75, 3.05) is 0 Å². The molecule has 4 nitrogen and oxygen atoms in total. The van der Waals surface area contributed by atoms with Crippen LogP contribution in [0.4, 0.5) is 0 Å². The SMILES string of the molecule is Cc1ccc(-c2cc(-c3ccc(-c4ccc(-n5c6ccccc6c6cc(-n7c8ccccc8c8ccccc87)ccc65)cc4)cc3C)nc(-c3ccc(C)cc3)n2)cc1. The van der Waals surface area contributed by atoms with E-state index in [-0.39, 0.29) is 0 Å². The Hall–Kier alpha value is -7.56. The van der Waals surface area contributed by atoms with Crippen LogP contribution in [0.15, 0.2) is 188 Å². The van der Waals surface area contributed by atoms with Gasteiger partial charge in [-0.25, -0.2) is 9.97 Å². The summed E-state index contributed by atoms with van der Waals surface area (Å²) in [6, 6.07) is 67.9. The number of para-hydroxylation sites is 3. The molecule has 0 aliphatic heterocycles. The van der Waals surface area contributed by atoms with E-state index in [1.165, 1.54) is 65.9 Å². The minimum atomic E-state index is 0.727. The maximum Gasteiger partial charge on any atom is 0.160 e. The lowest BCUT2D eigenvalue weighted by molar-refractivity contribution is 1.16. The molecule has 0 N–H and O–H groups in total. The van der Waals surface area contributed by atoms with E-state index in [4.69, 9.17) is 9.97 Å². The third kappa shape index (κ3) is 5.92. The van der Waals surface area contributed by atoms with E-state index < -0.39 is 0 Å². The molecular weight excluding hydrogens is 717 g/mol. The van der Waals surface area contributed by atoms with Crippen LogP contribution >= 0.6 is 0 Å². The zero-order valence-electron chi connectivity index (χ0n) is 33.2. The number of fused-ring (bicyclic) bond motifs is 6. The molecule has 59 heavy (non-hydrogen) atoms. The highest BCUT2D eigenvalue weighted by Crippen LogP contribution is 2.38. The van der Waals surface area contributed by atoms with Crippen LogP contribution < -0.4 is 0 Å². The van der Waals surface area contributed by atoms with Gasteiger partial charge in [0.1, 0.15) is 0 Å². The van der Waals surface area contributed by atoms with Crippen LogP contribution in [0.25, 0.3) is 100 Å². The zero-order valence-corrected chi connectivity index (χ0v) is 33.2. The van der Waals surface area contributed by atoms with Crippen molar-refractivity contribution in [3.05, 3.63) is 205 Å². The van der Waals surface area contributed by atoms with Gasteiger partial charge in [-0.3, -0.25) is 0 Å². The molecule has 0 spiro atoms. The summed E-state index contributed by atoms with van der Waals surface area (Å²) < 4.78 is 4.79. The molecule has 0 fully saturated rings. The topological polar surface area (TPSA) is 35.6 Å². The predicted octanol–water partition coefficient (Wildman–Crippen LogP) is 14.3. The number of rotatable bonds is 6. The maximum atomic E-state index is 5.13. The summed E-state index contributed by atoms with van der Waals surface area (Å²) in [5, 5.41) is 5.01. The Balaban J connectivity index is 0.962. The molecule has 0 amide bonds. The molecule has 0 bridgehead atoms. The first-order chi connectivity index (χ1) is 29.0. The maximum absolute atomic E-state index is 5.13. The number of benzene rings is 8. The van der Waals surface area contributed by atoms with Crippen LogP contribution in [0.3, 0.4) is 0 Å². The Labute approximate surface area is 343 Å². The average molecular weight is 757 g/mol. The van der Waals surface area contributed by atoms with Gasteiger partial charge in [0, 0.05) is 49.6 Å². The van der Waals surface area contributed by atoms with Gasteiger partial charge in [-0.1, -0.05) is 145 Å². The Morgan fingerprint density at radius 3 is 1.42 bits per heavy atom. The molecule has 280 valence electrons. The minimum absolute atomic E-state index is 0.727. The van der Waals surface area contributed by atoms with Gasteiger partial charge in [0.25, 0.3) is 0 Å². The summed E-state index contributed by atoms with van der Waals surface area (Å²) in [6.45, 7) is 6.39. The lowest BCUT2D eigenvalue weighted by Gasteiger charge is -2.13. The van der Waals surface area contributed by atoms with Crippen LogP contribution in [0.1, 0.15) is 16.7 Å². The Bertz CT molecular complexity index is 3270. The minimum Gasteiger partial charge on any atom is -0.309 e. The van der Waals surface area contributed by atoms with Crippen molar-refractivity contribution in [3.63, 3.8) is 0 Å². The average Bonchev–Trinajstić information content (AvgIpc) is 3.79. The summed E-state index contributed by atoms with van der Waals surface area (Å²) in [7, 11) is 0. The second kappa shape index (κ2) is 13.8. The van der Waals surface area contributed by atoms with Gasteiger partial charge < -0.3 is 9.13 Å². The second-order valence-electron chi connectivity index (χ2n) is 15.7. The van der Waals surface area contributed by atoms with E-state index >= 15 is 0 Å². The van der Waals surface area contributed by atoms with Crippen LogP contribution in [0.5, 0.6) is 0 Å². The van der Waals surface area contributed by atoms with Crippen molar-refractivity contribution in [1.82, 2.24) is 19.1 Å². The molecule has 8 aromatic carbocycles. The normalized spacial score (nSPS) is 11.6. The summed E-state index contributed by atoms with van der Waals surface area (Å²) in [5.74, 6) is 0.727. The van der Waals surface area contributed by atoms with Crippen molar-refractivity contribution >= 4 is 43.6 Å². The summed E-state index contributed by atoms with van der Waals surface area (Å²) in [5.41, 5.74) is 18.0. The van der Waals surface area contributed by atoms with Crippen LogP contribution in [0, 0.1) is 20.8 Å². The molecule has 4 heteroatoms. The summed E-state index contributed by atoms with van der Waals surface area (Å²) in [4.78, 5) is 10.2. The second-order valence-corrected chi connectivity index (χ2v) is 15.7. The highest BCUT2D eigenvalue weighted by atomic mass is 15.0. The molecule has 11 aromatic rings. The van der Waals surface area contributed by atoms with E-state index in [2.05, 4.69) is 218 Å². The molecule has 3 aromatic heterocycles. The van der Waals surface area contributed by atoms with Gasteiger partial charge in [-0.05, 0) is 92.1 Å². The number of hydrogen-bond donors (Lipinski definition) is 0. The summed E-state index contributed by atoms with van der Waals surface area (Å²) >= 11 is 0. The number of aromatic nitrogens is 4. The quantitative estimate of drug-likeness (QED) is 0.169. The molecule has 0 aliphatic carbocycles. The number of nitrogens with zero attached hydrogens (tertiary/aromatic N) is 4. The molecule has 3 heterocycles. The van der Waals surface area contributed by atoms with Crippen molar-refractivity contribution < 1.29 is 0 Å². The standard InChI is InChI=1S/C55H40N4/c1-35-16-20-39(21-17-35)49-34-50(57-55(56-49)40-22-18-36(2)19-23-40)44-30-26-41(32-37(44)3)38-24-27-42(28-25-38)58-53-15-9-6-12-47(53)48-33-43(29-31-54(48)58)59-51-13-7-4-10-45(51)46-11-5-8-14-52(46)59/h4-34H,1-3H3. The lowest BCUT2D eigenvalue weighted by atomic mass is 9.97. The van der Waals surface area contributed by atoms with Crippen molar-refractivity contribution in [2.24, 2.45) is 0 Å². The fraction of sp³-hybridized carbons (Fsp3) is 0.0545. The first kappa shape index (κ1) is 34.7. The van der Waals surface area contributed by atoms with Gasteiger partial charge in [0.2, 0.25) is 0 Å². The van der Waals surface area contributed by atoms with Crippen LogP contribution in [0.2, 0.25) is 0 Å². The highest BCUT2D eigenvalue weighted by Gasteiger charge is 2.17. The smallest absolute Gasteiger partial charge is 0.160 e. The van der Waals surface area contributed by atoms with E-state index in [1.54, 1.807) is 0 Å². The fourth-order valence-electron chi connectivity index (χ4n) is 8.80. The van der Waals surface area contributed by atoms with Crippen molar-refractivity contribution in [2.45, 2.75) is 20.8 Å². The van der Waals surface area contributed by atoms with Crippen molar-refractivity contribution in [3.8, 4) is 56.4 Å². The molecule has 0 aliphatic rings. The van der Waals surface area contributed by atoms with Gasteiger partial charge in [0.15, 0.2) is 5.82 Å². The van der Waals surface area contributed by atoms with Gasteiger partial charge in [0.05, 0.1) is 33.5 Å². The Morgan fingerprint density at radius 1 is 0.339 bits per heavy atom. The van der Waals surface area contributed by atoms with E-state index in [9.17, 15) is 0 Å². The molecule has 11 rings (SSSR count). The zero-order chi connectivity index (χ0) is 39.6. The fourth-order valence-corrected chi connectivity index (χ4v) is 8.80. The van der Waals surface area contributed by atoms with Crippen LogP contribution in [-0.4, -0.2) is 19.1 Å². The van der Waals surface area contributed by atoms with Crippen LogP contribution in [-0.2, 0) is 0 Å². The molecule has 0 saturated heterocycles. The van der Waals surface area contributed by atoms with E-state index in [0.29, 0.717) is 0 Å². The van der Waals surface area contributed by atoms with E-state index in [0.717, 1.165) is 50.8 Å². The van der Waals surface area contributed by atoms with Crippen molar-refractivity contribution in [1.29, 1.82) is 0 Å². The Kier molecular flexibility index (Phi) is 8.12. The first-order valence-corrected chi connectivity index (χ1v) is 20.2. The molecule has 0 unspecified atom stereocenters. The Morgan fingerprint density at radius 2 is 0.814 bits per heavy atom. The highest BCUT2D eigenvalue weighted by molar-refractivity contribution is 6.12. The largest absolute Gasteiger partial charge is 0.309 e. The van der Waals surface area contributed by atoms with Gasteiger partial charge in [-0.15, -0.1) is 0 Å². The molecule has 0 atom stereocenters. The number of aryl methyl sites for hydroxylation is 3. The number of hydrogen-bond acceptors (Lipinski definition) is 2. The predicted molar refractivity (Wildman–Crippen MR) is 247 cm³/mol. The van der Waals surface area contributed by atoms with Gasteiger partial charge >= 0.3 is 0 Å². The first-order valence-electron chi connectivity index (χ1n) is 20.2. The molecular formula is C55H40N4. The monoisotopic (exact) mass is 756 g/mol. The third-order valence-electron chi connectivity index (χ3n) is 11.8. The molecule has 0 saturated carbocycles. The summed E-state index contributed by atoms with van der Waals surface area (Å²) in [6.07, 6.45) is 0. The lowest BCUT2D eigenvalue weighted by Crippen LogP contribution is -1.97. The van der Waals surface area contributed by atoms with E-state index in [1.807, 2.05) is 0 Å².